The summed E-state index contributed by atoms with van der Waals surface area (Å²) in [5, 5.41) is 12.7. The van der Waals surface area contributed by atoms with Gasteiger partial charge >= 0.3 is 0 Å². The van der Waals surface area contributed by atoms with Crippen molar-refractivity contribution in [3.8, 4) is 22.6 Å². The van der Waals surface area contributed by atoms with Crippen molar-refractivity contribution < 1.29 is 23.9 Å². The molecule has 0 bridgehead atoms. The Balaban J connectivity index is 1.16. The summed E-state index contributed by atoms with van der Waals surface area (Å²) < 4.78 is 25.8. The number of nitrogens with one attached hydrogen (secondary N) is 1. The summed E-state index contributed by atoms with van der Waals surface area (Å²) in [4.78, 5) is 14.0. The lowest BCUT2D eigenvalue weighted by Gasteiger charge is -2.24. The van der Waals surface area contributed by atoms with Crippen molar-refractivity contribution in [2.45, 2.75) is 42.0 Å². The predicted octanol–water partition coefficient (Wildman–Crippen LogP) is 4.23. The van der Waals surface area contributed by atoms with Gasteiger partial charge in [-0.15, -0.1) is 4.31 Å². The zero-order valence-electron chi connectivity index (χ0n) is 19.8. The second kappa shape index (κ2) is 9.44. The third-order valence-corrected chi connectivity index (χ3v) is 8.95. The van der Waals surface area contributed by atoms with E-state index in [1.54, 1.807) is 0 Å². The van der Waals surface area contributed by atoms with Crippen molar-refractivity contribution in [3.63, 3.8) is 0 Å². The summed E-state index contributed by atoms with van der Waals surface area (Å²) in [6.07, 6.45) is 3.41. The van der Waals surface area contributed by atoms with E-state index in [0.717, 1.165) is 59.5 Å². The molecular weight excluding hydrogens is 476 g/mol. The zero-order valence-corrected chi connectivity index (χ0v) is 20.6. The summed E-state index contributed by atoms with van der Waals surface area (Å²) in [6, 6.07) is 21.1. The lowest BCUT2D eigenvalue weighted by atomic mass is 9.94. The number of nitrogens with zero attached hydrogens (tertiary/aromatic N) is 1. The molecular formula is C28H28N2O5S. The van der Waals surface area contributed by atoms with Gasteiger partial charge in [-0.3, -0.25) is 4.79 Å². The van der Waals surface area contributed by atoms with E-state index in [1.165, 1.54) is 0 Å². The number of hydrogen-bond donors (Lipinski definition) is 2. The molecule has 1 aliphatic carbocycles. The van der Waals surface area contributed by atoms with Crippen LogP contribution >= 0.6 is 0 Å². The molecule has 7 nitrogen and oxygen atoms in total. The van der Waals surface area contributed by atoms with Gasteiger partial charge in [0.2, 0.25) is 12.7 Å². The van der Waals surface area contributed by atoms with Gasteiger partial charge in [0.05, 0.1) is 29.4 Å². The van der Waals surface area contributed by atoms with Crippen LogP contribution in [0.4, 0.5) is 5.69 Å². The summed E-state index contributed by atoms with van der Waals surface area (Å²) in [5.74, 6) is 1.38. The van der Waals surface area contributed by atoms with E-state index < -0.39 is 16.8 Å². The molecule has 0 radical (unpaired) electrons. The third kappa shape index (κ3) is 4.24. The summed E-state index contributed by atoms with van der Waals surface area (Å²) in [7, 11) is 0. The number of carbonyl (C=O) groups is 1. The molecule has 2 N–H and O–H groups in total. The van der Waals surface area contributed by atoms with Crippen LogP contribution in [-0.2, 0) is 21.6 Å². The summed E-state index contributed by atoms with van der Waals surface area (Å²) in [5.41, 5.74) is 3.09. The molecule has 3 aromatic carbocycles. The van der Waals surface area contributed by atoms with Crippen molar-refractivity contribution in [1.29, 1.82) is 0 Å². The van der Waals surface area contributed by atoms with Gasteiger partial charge in [-0.05, 0) is 90.9 Å². The van der Waals surface area contributed by atoms with E-state index in [2.05, 4.69) is 5.32 Å². The first kappa shape index (κ1) is 23.4. The Hall–Kier alpha value is -3.04. The third-order valence-electron chi connectivity index (χ3n) is 7.37. The number of amides is 1. The fourth-order valence-corrected chi connectivity index (χ4v) is 6.48. The van der Waals surface area contributed by atoms with Gasteiger partial charge in [0.1, 0.15) is 0 Å². The number of benzene rings is 3. The van der Waals surface area contributed by atoms with E-state index in [1.807, 2.05) is 71.0 Å². The lowest BCUT2D eigenvalue weighted by molar-refractivity contribution is -0.118. The molecule has 6 rings (SSSR count). The molecule has 1 unspecified atom stereocenters. The Kier molecular flexibility index (Phi) is 6.13. The fraction of sp³-hybridized carbons (Fsp3) is 0.321. The molecule has 1 saturated carbocycles. The van der Waals surface area contributed by atoms with Crippen LogP contribution in [-0.4, -0.2) is 45.9 Å². The van der Waals surface area contributed by atoms with Crippen molar-refractivity contribution in [1.82, 2.24) is 4.31 Å². The highest BCUT2D eigenvalue weighted by Crippen LogP contribution is 2.51. The quantitative estimate of drug-likeness (QED) is 0.468. The van der Waals surface area contributed by atoms with Gasteiger partial charge in [-0.2, -0.15) is 0 Å². The number of hydrogen-bond acceptors (Lipinski definition) is 6. The van der Waals surface area contributed by atoms with Crippen molar-refractivity contribution in [2.75, 3.05) is 25.3 Å². The van der Waals surface area contributed by atoms with Gasteiger partial charge in [-0.1, -0.05) is 18.2 Å². The second-order valence-corrected chi connectivity index (χ2v) is 11.0. The molecule has 0 spiro atoms. The van der Waals surface area contributed by atoms with Crippen LogP contribution in [0.25, 0.3) is 11.1 Å². The van der Waals surface area contributed by atoms with E-state index in [4.69, 9.17) is 9.47 Å². The number of carbonyl (C=O) groups excluding carboxylic acids is 1. The van der Waals surface area contributed by atoms with E-state index in [9.17, 15) is 14.5 Å². The number of anilines is 1. The average Bonchev–Trinajstić information content (AvgIpc) is 3.36. The van der Waals surface area contributed by atoms with Gasteiger partial charge in [0.15, 0.2) is 16.4 Å². The smallest absolute Gasteiger partial charge is 0.235 e. The first-order valence-corrected chi connectivity index (χ1v) is 13.4. The summed E-state index contributed by atoms with van der Waals surface area (Å²) in [6.45, 7) is 0.969. The molecule has 1 saturated heterocycles. The van der Waals surface area contributed by atoms with Crippen molar-refractivity contribution >= 4 is 23.0 Å². The van der Waals surface area contributed by atoms with Gasteiger partial charge in [0, 0.05) is 12.2 Å². The number of aliphatic hydroxyl groups excluding tert-OH is 1. The van der Waals surface area contributed by atoms with Crippen LogP contribution in [0.1, 0.15) is 31.2 Å². The van der Waals surface area contributed by atoms with Crippen LogP contribution in [0.2, 0.25) is 0 Å². The first-order chi connectivity index (χ1) is 17.6. The minimum absolute atomic E-state index is 0.0201. The molecule has 2 fully saturated rings. The van der Waals surface area contributed by atoms with Crippen LogP contribution in [0.3, 0.4) is 0 Å². The minimum atomic E-state index is -1.29. The molecule has 36 heavy (non-hydrogen) atoms. The summed E-state index contributed by atoms with van der Waals surface area (Å²) >= 11 is -1.29. The van der Waals surface area contributed by atoms with Gasteiger partial charge in [0.25, 0.3) is 0 Å². The predicted molar refractivity (Wildman–Crippen MR) is 137 cm³/mol. The number of aliphatic hydroxyl groups is 1. The zero-order chi connectivity index (χ0) is 24.7. The first-order valence-electron chi connectivity index (χ1n) is 12.3. The fourth-order valence-electron chi connectivity index (χ4n) is 5.10. The molecule has 3 aromatic rings. The van der Waals surface area contributed by atoms with Crippen molar-refractivity contribution in [2.24, 2.45) is 0 Å². The maximum atomic E-state index is 13.3. The molecule has 0 aromatic heterocycles. The van der Waals surface area contributed by atoms with E-state index in [0.29, 0.717) is 11.5 Å². The molecule has 186 valence electrons. The van der Waals surface area contributed by atoms with Crippen LogP contribution in [0.5, 0.6) is 11.5 Å². The highest BCUT2D eigenvalue weighted by atomic mass is 32.2. The second-order valence-electron chi connectivity index (χ2n) is 9.58. The molecule has 3 aliphatic rings. The Morgan fingerprint density at radius 2 is 1.86 bits per heavy atom. The molecule has 8 heteroatoms. The minimum Gasteiger partial charge on any atom is -0.593 e. The largest absolute Gasteiger partial charge is 0.593 e. The Bertz CT molecular complexity index is 1280. The van der Waals surface area contributed by atoms with Crippen LogP contribution < -0.4 is 14.8 Å². The standard InChI is InChI=1S/C28H28N2O5S/c31-17-23-5-2-14-30(23)36(33)24-9-6-19(7-10-24)20-3-1-4-22(15-20)29-27(32)28(12-13-28)21-8-11-25-26(16-21)35-18-34-25/h1,3-4,6-11,15-16,23,31H,2,5,12-14,17-18H2,(H,29,32)/t23-,36?/m1/s1. The Labute approximate surface area is 213 Å². The Morgan fingerprint density at radius 3 is 2.64 bits per heavy atom. The van der Waals surface area contributed by atoms with Crippen LogP contribution in [0, 0.1) is 0 Å². The molecule has 2 atom stereocenters. The molecule has 1 amide bonds. The lowest BCUT2D eigenvalue weighted by Crippen LogP contribution is -2.37. The average molecular weight is 505 g/mol. The topological polar surface area (TPSA) is 94.1 Å². The van der Waals surface area contributed by atoms with Gasteiger partial charge < -0.3 is 24.4 Å². The monoisotopic (exact) mass is 504 g/mol. The molecule has 2 heterocycles. The highest BCUT2D eigenvalue weighted by molar-refractivity contribution is 7.89. The highest BCUT2D eigenvalue weighted by Gasteiger charge is 2.51. The van der Waals surface area contributed by atoms with Gasteiger partial charge in [-0.25, -0.2) is 0 Å². The van der Waals surface area contributed by atoms with E-state index in [-0.39, 0.29) is 25.3 Å². The van der Waals surface area contributed by atoms with Crippen molar-refractivity contribution in [3.05, 3.63) is 72.3 Å². The number of fused-ring (bicyclic) bond motifs is 1. The maximum Gasteiger partial charge on any atom is 0.235 e. The number of rotatable bonds is 7. The normalized spacial score (nSPS) is 20.8. The SMILES string of the molecule is O=C(Nc1cccc(-c2ccc([S+]([O-])N3CCC[C@@H]3CO)cc2)c1)C1(c2ccc3c(c2)OCO3)CC1. The maximum absolute atomic E-state index is 13.3. The van der Waals surface area contributed by atoms with Crippen LogP contribution in [0.15, 0.2) is 71.6 Å². The van der Waals surface area contributed by atoms with E-state index >= 15 is 0 Å². The number of ether oxygens (including phenoxy) is 2. The molecule has 2 aliphatic heterocycles. The Morgan fingerprint density at radius 1 is 1.06 bits per heavy atom.